The van der Waals surface area contributed by atoms with Gasteiger partial charge in [0.1, 0.15) is 11.3 Å². The van der Waals surface area contributed by atoms with Gasteiger partial charge < -0.3 is 25.0 Å². The molecule has 1 atom stereocenters. The average Bonchev–Trinajstić information content (AvgIpc) is 3.09. The predicted octanol–water partition coefficient (Wildman–Crippen LogP) is 10.3. The zero-order chi connectivity index (χ0) is 37.8. The quantitative estimate of drug-likeness (QED) is 0.0545. The first-order chi connectivity index (χ1) is 24.5. The number of amides is 2. The zero-order valence-electron chi connectivity index (χ0n) is 33.7. The number of primary amides is 1. The number of aliphatic carboxylic acids is 1. The molecule has 8 nitrogen and oxygen atoms in total. The Morgan fingerprint density at radius 3 is 1.59 bits per heavy atom. The van der Waals surface area contributed by atoms with E-state index in [0.717, 1.165) is 68.8 Å². The van der Waals surface area contributed by atoms with Crippen LogP contribution in [0.4, 0.5) is 0 Å². The summed E-state index contributed by atoms with van der Waals surface area (Å²) >= 11 is 0. The summed E-state index contributed by atoms with van der Waals surface area (Å²) in [7, 11) is 6.54. The van der Waals surface area contributed by atoms with Crippen LogP contribution in [0.5, 0.6) is 5.75 Å². The largest absolute Gasteiger partial charge is 0.494 e. The summed E-state index contributed by atoms with van der Waals surface area (Å²) in [6, 6.07) is 7.10. The fourth-order valence-corrected chi connectivity index (χ4v) is 6.95. The Labute approximate surface area is 312 Å². The Bertz CT molecular complexity index is 1050. The lowest BCUT2D eigenvalue weighted by atomic mass is 9.84. The van der Waals surface area contributed by atoms with Gasteiger partial charge in [0.15, 0.2) is 0 Å². The number of hydrogen-bond donors (Lipinski definition) is 2. The fraction of sp³-hybridized carbons (Fsp3) is 0.791. The second-order valence-electron chi connectivity index (χ2n) is 16.0. The first-order valence-electron chi connectivity index (χ1n) is 20.8. The Balaban J connectivity index is 3.04. The van der Waals surface area contributed by atoms with E-state index in [1.165, 1.54) is 77.0 Å². The minimum absolute atomic E-state index is 0.0209. The third kappa shape index (κ3) is 21.5. The van der Waals surface area contributed by atoms with Crippen molar-refractivity contribution in [1.29, 1.82) is 0 Å². The Morgan fingerprint density at radius 1 is 0.667 bits per heavy atom. The van der Waals surface area contributed by atoms with Crippen LogP contribution in [0.3, 0.4) is 0 Å². The molecule has 0 unspecified atom stereocenters. The number of nitrogens with two attached hydrogens (primary N) is 1. The lowest BCUT2D eigenvalue weighted by molar-refractivity contribution is -0.870. The van der Waals surface area contributed by atoms with Crippen molar-refractivity contribution in [3.8, 4) is 5.75 Å². The Kier molecular flexibility index (Phi) is 25.4. The molecule has 0 radical (unpaired) electrons. The minimum atomic E-state index is -1.49. The maximum absolute atomic E-state index is 14.3. The van der Waals surface area contributed by atoms with Crippen molar-refractivity contribution in [1.82, 2.24) is 4.90 Å². The van der Waals surface area contributed by atoms with Crippen LogP contribution in [-0.4, -0.2) is 78.7 Å². The summed E-state index contributed by atoms with van der Waals surface area (Å²) in [6.45, 7) is 6.48. The highest BCUT2D eigenvalue weighted by Gasteiger charge is 2.46. The van der Waals surface area contributed by atoms with E-state index in [4.69, 9.17) is 10.5 Å². The smallest absolute Gasteiger partial charge is 0.329 e. The van der Waals surface area contributed by atoms with Crippen molar-refractivity contribution >= 4 is 17.8 Å². The molecular weight excluding hydrogens is 638 g/mol. The SMILES string of the molecule is CCCCCCCCCCCCN(C(=O)c1ccc(OCCCC[N+](C)(C)C)cc1)[C@@](CCCCCCCCCCCC)(CCC(N)=O)C(=O)O. The predicted molar refractivity (Wildman–Crippen MR) is 212 cm³/mol. The number of quaternary nitrogens is 1. The van der Waals surface area contributed by atoms with Gasteiger partial charge in [-0.3, -0.25) is 9.59 Å². The maximum atomic E-state index is 14.3. The van der Waals surface area contributed by atoms with Crippen LogP contribution in [-0.2, 0) is 9.59 Å². The molecule has 0 bridgehead atoms. The molecule has 0 saturated carbocycles. The normalized spacial score (nSPS) is 12.8. The summed E-state index contributed by atoms with van der Waals surface area (Å²) in [6.07, 6.45) is 25.1. The number of unbranched alkanes of at least 4 members (excludes halogenated alkanes) is 19. The third-order valence-electron chi connectivity index (χ3n) is 10.2. The fourth-order valence-electron chi connectivity index (χ4n) is 6.95. The highest BCUT2D eigenvalue weighted by Crippen LogP contribution is 2.32. The van der Waals surface area contributed by atoms with Gasteiger partial charge in [-0.25, -0.2) is 4.79 Å². The molecule has 1 rings (SSSR count). The van der Waals surface area contributed by atoms with Gasteiger partial charge in [-0.15, -0.1) is 0 Å². The van der Waals surface area contributed by atoms with Crippen LogP contribution in [0.2, 0.25) is 0 Å². The van der Waals surface area contributed by atoms with E-state index in [0.29, 0.717) is 37.3 Å². The van der Waals surface area contributed by atoms with Crippen LogP contribution in [0, 0.1) is 0 Å². The molecule has 1 aromatic rings. The lowest BCUT2D eigenvalue weighted by Crippen LogP contribution is -2.58. The summed E-state index contributed by atoms with van der Waals surface area (Å²) < 4.78 is 6.89. The Morgan fingerprint density at radius 2 is 1.14 bits per heavy atom. The number of carboxylic acids is 1. The van der Waals surface area contributed by atoms with Crippen LogP contribution in [0.1, 0.15) is 185 Å². The molecule has 294 valence electrons. The van der Waals surface area contributed by atoms with E-state index in [1.807, 2.05) is 0 Å². The highest BCUT2D eigenvalue weighted by atomic mass is 16.5. The molecule has 0 aliphatic carbocycles. The monoisotopic (exact) mass is 717 g/mol. The van der Waals surface area contributed by atoms with Crippen LogP contribution >= 0.6 is 0 Å². The molecule has 1 aromatic carbocycles. The molecule has 2 amide bonds. The van der Waals surface area contributed by atoms with Crippen molar-refractivity contribution in [2.75, 3.05) is 40.8 Å². The van der Waals surface area contributed by atoms with Gasteiger partial charge >= 0.3 is 5.97 Å². The third-order valence-corrected chi connectivity index (χ3v) is 10.2. The minimum Gasteiger partial charge on any atom is -0.494 e. The van der Waals surface area contributed by atoms with E-state index in [9.17, 15) is 19.5 Å². The first kappa shape index (κ1) is 46.4. The summed E-state index contributed by atoms with van der Waals surface area (Å²) in [5.41, 5.74) is 4.54. The van der Waals surface area contributed by atoms with Gasteiger partial charge in [-0.05, 0) is 56.4 Å². The van der Waals surface area contributed by atoms with Gasteiger partial charge in [-0.2, -0.15) is 0 Å². The molecule has 0 aliphatic rings. The summed E-state index contributed by atoms with van der Waals surface area (Å²) in [5.74, 6) is -1.20. The molecule has 51 heavy (non-hydrogen) atoms. The molecule has 3 N–H and O–H groups in total. The topological polar surface area (TPSA) is 110 Å². The zero-order valence-corrected chi connectivity index (χ0v) is 33.7. The highest BCUT2D eigenvalue weighted by molar-refractivity contribution is 5.98. The molecule has 0 fully saturated rings. The molecule has 0 spiro atoms. The van der Waals surface area contributed by atoms with Crippen molar-refractivity contribution in [3.05, 3.63) is 29.8 Å². The number of carboxylic acid groups (broad SMARTS) is 1. The van der Waals surface area contributed by atoms with Crippen molar-refractivity contribution < 1.29 is 28.7 Å². The molecular formula is C43H78N3O5+. The number of ether oxygens (including phenoxy) is 1. The van der Waals surface area contributed by atoms with E-state index in [-0.39, 0.29) is 18.7 Å². The number of rotatable bonds is 34. The van der Waals surface area contributed by atoms with Crippen molar-refractivity contribution in [2.24, 2.45) is 5.73 Å². The van der Waals surface area contributed by atoms with Crippen LogP contribution in [0.15, 0.2) is 24.3 Å². The van der Waals surface area contributed by atoms with Gasteiger partial charge in [0, 0.05) is 18.5 Å². The number of benzene rings is 1. The van der Waals surface area contributed by atoms with E-state index in [1.54, 1.807) is 29.2 Å². The van der Waals surface area contributed by atoms with Crippen molar-refractivity contribution in [3.63, 3.8) is 0 Å². The van der Waals surface area contributed by atoms with Gasteiger partial charge in [-0.1, -0.05) is 136 Å². The van der Waals surface area contributed by atoms with E-state index < -0.39 is 17.4 Å². The maximum Gasteiger partial charge on any atom is 0.329 e. The van der Waals surface area contributed by atoms with Gasteiger partial charge in [0.25, 0.3) is 5.91 Å². The number of nitrogens with zero attached hydrogens (tertiary/aromatic N) is 2. The molecule has 0 saturated heterocycles. The van der Waals surface area contributed by atoms with E-state index >= 15 is 0 Å². The lowest BCUT2D eigenvalue weighted by Gasteiger charge is -2.41. The average molecular weight is 717 g/mol. The number of carbonyl (C=O) groups is 3. The molecule has 8 heteroatoms. The first-order valence-corrected chi connectivity index (χ1v) is 20.8. The Hall–Kier alpha value is -2.61. The van der Waals surface area contributed by atoms with Gasteiger partial charge in [0.05, 0.1) is 34.3 Å². The summed E-state index contributed by atoms with van der Waals surface area (Å²) in [5, 5.41) is 10.9. The second-order valence-corrected chi connectivity index (χ2v) is 16.0. The van der Waals surface area contributed by atoms with Crippen LogP contribution in [0.25, 0.3) is 0 Å². The number of carbonyl (C=O) groups excluding carboxylic acids is 2. The van der Waals surface area contributed by atoms with E-state index in [2.05, 4.69) is 35.0 Å². The number of hydrogen-bond acceptors (Lipinski definition) is 4. The second kappa shape index (κ2) is 28.0. The molecule has 0 aliphatic heterocycles. The van der Waals surface area contributed by atoms with Crippen LogP contribution < -0.4 is 10.5 Å². The van der Waals surface area contributed by atoms with Crippen molar-refractivity contribution in [2.45, 2.75) is 180 Å². The molecule has 0 heterocycles. The standard InChI is InChI=1S/C43H77N3O5/c1-6-8-10-12-14-16-18-20-22-24-33-43(42(49)50,34-32-40(44)47)45(35-25-23-21-19-17-15-13-11-9-7-2)41(48)38-28-30-39(31-29-38)51-37-27-26-36-46(3,4)5/h28-31H,6-27,32-37H2,1-5H3,(H2-,44,47,49,50)/p+1/t43-/m0/s1. The van der Waals surface area contributed by atoms with Gasteiger partial charge in [0.2, 0.25) is 5.91 Å². The summed E-state index contributed by atoms with van der Waals surface area (Å²) in [4.78, 5) is 41.3. The molecule has 0 aromatic heterocycles.